The van der Waals surface area contributed by atoms with E-state index < -0.39 is 0 Å². The first kappa shape index (κ1) is 14.6. The molecule has 0 bridgehead atoms. The molecule has 1 unspecified atom stereocenters. The largest absolute Gasteiger partial charge is 0.113 e. The summed E-state index contributed by atoms with van der Waals surface area (Å²) in [5, 5.41) is -0.0854. The lowest BCUT2D eigenvalue weighted by atomic mass is 10.0. The molecule has 0 amide bonds. The van der Waals surface area contributed by atoms with E-state index in [4.69, 9.17) is 11.6 Å². The summed E-state index contributed by atoms with van der Waals surface area (Å²) in [4.78, 5) is 0. The maximum Gasteiger partial charge on any atom is 0.0835 e. The predicted molar refractivity (Wildman–Crippen MR) is 86.9 cm³/mol. The second-order valence-electron chi connectivity index (χ2n) is 4.76. The van der Waals surface area contributed by atoms with Crippen molar-refractivity contribution in [1.82, 2.24) is 0 Å². The number of alkyl halides is 1. The third-order valence-corrected chi connectivity index (χ3v) is 4.23. The van der Waals surface area contributed by atoms with Crippen LogP contribution in [0, 0.1) is 0 Å². The van der Waals surface area contributed by atoms with Crippen LogP contribution in [0.15, 0.2) is 53.0 Å². The summed E-state index contributed by atoms with van der Waals surface area (Å²) in [5.41, 5.74) is 3.67. The molecule has 2 aromatic rings. The number of benzene rings is 2. The maximum absolute atomic E-state index is 6.54. The lowest BCUT2D eigenvalue weighted by Gasteiger charge is -2.11. The Morgan fingerprint density at radius 2 is 1.79 bits per heavy atom. The van der Waals surface area contributed by atoms with E-state index in [0.29, 0.717) is 0 Å². The van der Waals surface area contributed by atoms with Gasteiger partial charge in [-0.25, -0.2) is 0 Å². The van der Waals surface area contributed by atoms with Crippen LogP contribution in [0.5, 0.6) is 0 Å². The number of hydrogen-bond acceptors (Lipinski definition) is 0. The van der Waals surface area contributed by atoms with Crippen molar-refractivity contribution in [1.29, 1.82) is 0 Å². The standard InChI is InChI=1S/C17H18BrCl/c1-2-3-5-13-8-10-14(11-9-13)17(19)15-6-4-7-16(18)12-15/h4,6-12,17H,2-3,5H2,1H3. The van der Waals surface area contributed by atoms with Crippen molar-refractivity contribution in [2.45, 2.75) is 31.6 Å². The summed E-state index contributed by atoms with van der Waals surface area (Å²) in [6.07, 6.45) is 3.63. The molecule has 0 nitrogen and oxygen atoms in total. The molecule has 0 aliphatic rings. The van der Waals surface area contributed by atoms with E-state index in [-0.39, 0.29) is 5.38 Å². The second-order valence-corrected chi connectivity index (χ2v) is 6.11. The Morgan fingerprint density at radius 3 is 2.42 bits per heavy atom. The van der Waals surface area contributed by atoms with Crippen LogP contribution in [0.1, 0.15) is 41.8 Å². The number of hydrogen-bond donors (Lipinski definition) is 0. The highest BCUT2D eigenvalue weighted by molar-refractivity contribution is 9.10. The molecule has 0 saturated heterocycles. The first-order chi connectivity index (χ1) is 9.20. The zero-order chi connectivity index (χ0) is 13.7. The molecule has 0 heterocycles. The van der Waals surface area contributed by atoms with E-state index in [9.17, 15) is 0 Å². The fourth-order valence-electron chi connectivity index (χ4n) is 2.09. The molecule has 19 heavy (non-hydrogen) atoms. The van der Waals surface area contributed by atoms with Gasteiger partial charge in [0.1, 0.15) is 0 Å². The molecule has 2 rings (SSSR count). The van der Waals surface area contributed by atoms with Gasteiger partial charge in [0.15, 0.2) is 0 Å². The van der Waals surface area contributed by atoms with Crippen LogP contribution in [0.25, 0.3) is 0 Å². The van der Waals surface area contributed by atoms with Gasteiger partial charge >= 0.3 is 0 Å². The van der Waals surface area contributed by atoms with Gasteiger partial charge in [-0.05, 0) is 41.7 Å². The highest BCUT2D eigenvalue weighted by Gasteiger charge is 2.10. The molecule has 0 fully saturated rings. The minimum absolute atomic E-state index is 0.0854. The zero-order valence-corrected chi connectivity index (χ0v) is 13.4. The van der Waals surface area contributed by atoms with Gasteiger partial charge in [-0.2, -0.15) is 0 Å². The Labute approximate surface area is 128 Å². The molecule has 0 N–H and O–H groups in total. The predicted octanol–water partition coefficient (Wildman–Crippen LogP) is 6.12. The van der Waals surface area contributed by atoms with Crippen LogP contribution in [-0.2, 0) is 6.42 Å². The van der Waals surface area contributed by atoms with Crippen molar-refractivity contribution in [3.05, 3.63) is 69.7 Å². The Morgan fingerprint density at radius 1 is 1.05 bits per heavy atom. The summed E-state index contributed by atoms with van der Waals surface area (Å²) < 4.78 is 1.07. The Kier molecular flexibility index (Phi) is 5.47. The normalized spacial score (nSPS) is 12.4. The fourth-order valence-corrected chi connectivity index (χ4v) is 2.79. The quantitative estimate of drug-likeness (QED) is 0.576. The fraction of sp³-hybridized carbons (Fsp3) is 0.294. The second kappa shape index (κ2) is 7.12. The van der Waals surface area contributed by atoms with Crippen molar-refractivity contribution in [2.24, 2.45) is 0 Å². The topological polar surface area (TPSA) is 0 Å². The summed E-state index contributed by atoms with van der Waals surface area (Å²) in [5.74, 6) is 0. The molecule has 0 saturated carbocycles. The smallest absolute Gasteiger partial charge is 0.0835 e. The van der Waals surface area contributed by atoms with Gasteiger partial charge in [-0.1, -0.05) is 65.7 Å². The third-order valence-electron chi connectivity index (χ3n) is 3.23. The van der Waals surface area contributed by atoms with Gasteiger partial charge in [0.05, 0.1) is 5.38 Å². The molecule has 2 aromatic carbocycles. The molecule has 100 valence electrons. The van der Waals surface area contributed by atoms with Crippen molar-refractivity contribution >= 4 is 27.5 Å². The minimum Gasteiger partial charge on any atom is -0.113 e. The van der Waals surface area contributed by atoms with Gasteiger partial charge < -0.3 is 0 Å². The summed E-state index contributed by atoms with van der Waals surface area (Å²) in [7, 11) is 0. The molecule has 2 heteroatoms. The van der Waals surface area contributed by atoms with E-state index in [1.807, 2.05) is 12.1 Å². The van der Waals surface area contributed by atoms with Crippen LogP contribution in [0.3, 0.4) is 0 Å². The monoisotopic (exact) mass is 336 g/mol. The summed E-state index contributed by atoms with van der Waals surface area (Å²) in [6, 6.07) is 16.8. The Bertz CT molecular complexity index is 519. The van der Waals surface area contributed by atoms with E-state index in [1.165, 1.54) is 18.4 Å². The Balaban J connectivity index is 2.13. The van der Waals surface area contributed by atoms with Gasteiger partial charge in [-0.15, -0.1) is 11.6 Å². The van der Waals surface area contributed by atoms with E-state index in [1.54, 1.807) is 0 Å². The number of unbranched alkanes of at least 4 members (excludes halogenated alkanes) is 1. The van der Waals surface area contributed by atoms with E-state index in [0.717, 1.165) is 22.0 Å². The molecule has 0 spiro atoms. The molecule has 0 radical (unpaired) electrons. The van der Waals surface area contributed by atoms with Crippen LogP contribution in [0.2, 0.25) is 0 Å². The van der Waals surface area contributed by atoms with Gasteiger partial charge in [-0.3, -0.25) is 0 Å². The van der Waals surface area contributed by atoms with Gasteiger partial charge in [0, 0.05) is 4.47 Å². The van der Waals surface area contributed by atoms with Crippen LogP contribution < -0.4 is 0 Å². The molecule has 1 atom stereocenters. The Hall–Kier alpha value is -0.790. The maximum atomic E-state index is 6.54. The van der Waals surface area contributed by atoms with E-state index in [2.05, 4.69) is 59.3 Å². The molecular formula is C17H18BrCl. The van der Waals surface area contributed by atoms with Crippen LogP contribution in [-0.4, -0.2) is 0 Å². The lowest BCUT2D eigenvalue weighted by Crippen LogP contribution is -1.94. The average Bonchev–Trinajstić information content (AvgIpc) is 2.45. The third kappa shape index (κ3) is 4.09. The number of halogens is 2. The zero-order valence-electron chi connectivity index (χ0n) is 11.1. The highest BCUT2D eigenvalue weighted by Crippen LogP contribution is 2.30. The minimum atomic E-state index is -0.0854. The van der Waals surface area contributed by atoms with Crippen molar-refractivity contribution in [3.8, 4) is 0 Å². The summed E-state index contributed by atoms with van der Waals surface area (Å²) in [6.45, 7) is 2.22. The number of aryl methyl sites for hydroxylation is 1. The van der Waals surface area contributed by atoms with E-state index >= 15 is 0 Å². The number of rotatable bonds is 5. The molecule has 0 aliphatic carbocycles. The lowest BCUT2D eigenvalue weighted by molar-refractivity contribution is 0.794. The summed E-state index contributed by atoms with van der Waals surface area (Å²) >= 11 is 10.0. The SMILES string of the molecule is CCCCc1ccc(C(Cl)c2cccc(Br)c2)cc1. The molecule has 0 aliphatic heterocycles. The van der Waals surface area contributed by atoms with Crippen molar-refractivity contribution < 1.29 is 0 Å². The van der Waals surface area contributed by atoms with Gasteiger partial charge in [0.2, 0.25) is 0 Å². The molecular weight excluding hydrogens is 320 g/mol. The highest BCUT2D eigenvalue weighted by atomic mass is 79.9. The van der Waals surface area contributed by atoms with Crippen LogP contribution >= 0.6 is 27.5 Å². The van der Waals surface area contributed by atoms with Gasteiger partial charge in [0.25, 0.3) is 0 Å². The van der Waals surface area contributed by atoms with Crippen molar-refractivity contribution in [3.63, 3.8) is 0 Å². The van der Waals surface area contributed by atoms with Crippen molar-refractivity contribution in [2.75, 3.05) is 0 Å². The average molecular weight is 338 g/mol. The first-order valence-electron chi connectivity index (χ1n) is 6.69. The first-order valence-corrected chi connectivity index (χ1v) is 7.92. The van der Waals surface area contributed by atoms with Crippen LogP contribution in [0.4, 0.5) is 0 Å². The molecule has 0 aromatic heterocycles.